The minimum atomic E-state index is -0.192. The van der Waals surface area contributed by atoms with Crippen molar-refractivity contribution >= 4 is 11.7 Å². The molecule has 0 aliphatic carbocycles. The lowest BCUT2D eigenvalue weighted by atomic mass is 10.2. The van der Waals surface area contributed by atoms with Gasteiger partial charge in [0.05, 0.1) is 0 Å². The quantitative estimate of drug-likeness (QED) is 0.749. The largest absolute Gasteiger partial charge is 0.489 e. The first-order valence-corrected chi connectivity index (χ1v) is 8.41. The number of anilines is 1. The molecule has 2 aromatic carbocycles. The van der Waals surface area contributed by atoms with E-state index in [0.717, 1.165) is 29.8 Å². The number of rotatable bonds is 7. The van der Waals surface area contributed by atoms with Crippen LogP contribution in [-0.4, -0.2) is 19.4 Å². The van der Waals surface area contributed by atoms with E-state index >= 15 is 0 Å². The Labute approximate surface area is 147 Å². The van der Waals surface area contributed by atoms with Gasteiger partial charge in [-0.2, -0.15) is 0 Å². The Balaban J connectivity index is 1.54. The molecule has 0 spiro atoms. The van der Waals surface area contributed by atoms with Crippen LogP contribution in [0, 0.1) is 0 Å². The zero-order chi connectivity index (χ0) is 17.5. The SMILES string of the molecule is CCCCNC(=O)Nc1cccc(COc2ccc3c(c2)OCO3)c1. The van der Waals surface area contributed by atoms with Crippen molar-refractivity contribution in [1.29, 1.82) is 0 Å². The van der Waals surface area contributed by atoms with Gasteiger partial charge in [0.25, 0.3) is 0 Å². The zero-order valence-corrected chi connectivity index (χ0v) is 14.2. The van der Waals surface area contributed by atoms with E-state index < -0.39 is 0 Å². The first kappa shape index (κ1) is 17.0. The average molecular weight is 342 g/mol. The highest BCUT2D eigenvalue weighted by molar-refractivity contribution is 5.89. The van der Waals surface area contributed by atoms with Crippen LogP contribution in [0.4, 0.5) is 10.5 Å². The fraction of sp³-hybridized carbons (Fsp3) is 0.316. The van der Waals surface area contributed by atoms with Gasteiger partial charge in [0.2, 0.25) is 6.79 Å². The van der Waals surface area contributed by atoms with E-state index in [-0.39, 0.29) is 12.8 Å². The van der Waals surface area contributed by atoms with Crippen LogP contribution in [-0.2, 0) is 6.61 Å². The molecule has 0 atom stereocenters. The summed E-state index contributed by atoms with van der Waals surface area (Å²) >= 11 is 0. The summed E-state index contributed by atoms with van der Waals surface area (Å²) in [4.78, 5) is 11.8. The lowest BCUT2D eigenvalue weighted by Gasteiger charge is -2.10. The Morgan fingerprint density at radius 1 is 1.16 bits per heavy atom. The number of carbonyl (C=O) groups is 1. The van der Waals surface area contributed by atoms with Crippen molar-refractivity contribution < 1.29 is 19.0 Å². The van der Waals surface area contributed by atoms with Gasteiger partial charge in [0.1, 0.15) is 12.4 Å². The molecule has 0 radical (unpaired) electrons. The third kappa shape index (κ3) is 4.79. The fourth-order valence-corrected chi connectivity index (χ4v) is 2.43. The standard InChI is InChI=1S/C19H22N2O4/c1-2-3-9-20-19(22)21-15-6-4-5-14(10-15)12-23-16-7-8-17-18(11-16)25-13-24-17/h4-8,10-11H,2-3,9,12-13H2,1H3,(H2,20,21,22). The van der Waals surface area contributed by atoms with Crippen molar-refractivity contribution in [2.45, 2.75) is 26.4 Å². The summed E-state index contributed by atoms with van der Waals surface area (Å²) in [6.45, 7) is 3.40. The second-order valence-electron chi connectivity index (χ2n) is 5.74. The van der Waals surface area contributed by atoms with Crippen LogP contribution < -0.4 is 24.8 Å². The third-order valence-electron chi connectivity index (χ3n) is 3.75. The number of amides is 2. The highest BCUT2D eigenvalue weighted by Crippen LogP contribution is 2.35. The second kappa shape index (κ2) is 8.28. The number of nitrogens with one attached hydrogen (secondary N) is 2. The summed E-state index contributed by atoms with van der Waals surface area (Å²) in [5.41, 5.74) is 1.70. The molecule has 1 heterocycles. The van der Waals surface area contributed by atoms with Crippen molar-refractivity contribution in [3.63, 3.8) is 0 Å². The van der Waals surface area contributed by atoms with Crippen molar-refractivity contribution in [3.8, 4) is 17.2 Å². The van der Waals surface area contributed by atoms with Gasteiger partial charge in [-0.05, 0) is 36.2 Å². The van der Waals surface area contributed by atoms with Crippen LogP contribution in [0.15, 0.2) is 42.5 Å². The molecule has 1 aliphatic rings. The van der Waals surface area contributed by atoms with Gasteiger partial charge < -0.3 is 24.8 Å². The molecule has 3 rings (SSSR count). The average Bonchev–Trinajstić information content (AvgIpc) is 3.08. The maximum Gasteiger partial charge on any atom is 0.319 e. The van der Waals surface area contributed by atoms with Gasteiger partial charge in [-0.3, -0.25) is 0 Å². The van der Waals surface area contributed by atoms with Gasteiger partial charge in [-0.15, -0.1) is 0 Å². The van der Waals surface area contributed by atoms with E-state index in [4.69, 9.17) is 14.2 Å². The highest BCUT2D eigenvalue weighted by Gasteiger charge is 2.13. The number of benzene rings is 2. The molecule has 2 aromatic rings. The summed E-state index contributed by atoms with van der Waals surface area (Å²) in [5.74, 6) is 2.13. The Morgan fingerprint density at radius 3 is 2.92 bits per heavy atom. The van der Waals surface area contributed by atoms with Crippen molar-refractivity contribution in [2.75, 3.05) is 18.7 Å². The summed E-state index contributed by atoms with van der Waals surface area (Å²) in [6, 6.07) is 12.9. The Kier molecular flexibility index (Phi) is 5.61. The van der Waals surface area contributed by atoms with Gasteiger partial charge in [0, 0.05) is 18.3 Å². The number of urea groups is 1. The molecular formula is C19H22N2O4. The lowest BCUT2D eigenvalue weighted by molar-refractivity contribution is 0.173. The van der Waals surface area contributed by atoms with Crippen LogP contribution in [0.5, 0.6) is 17.2 Å². The first-order chi connectivity index (χ1) is 12.2. The van der Waals surface area contributed by atoms with E-state index in [1.54, 1.807) is 0 Å². The number of ether oxygens (including phenoxy) is 3. The first-order valence-electron chi connectivity index (χ1n) is 8.41. The highest BCUT2D eigenvalue weighted by atomic mass is 16.7. The van der Waals surface area contributed by atoms with Crippen molar-refractivity contribution in [1.82, 2.24) is 5.32 Å². The number of carbonyl (C=O) groups excluding carboxylic acids is 1. The molecule has 6 nitrogen and oxygen atoms in total. The van der Waals surface area contributed by atoms with Gasteiger partial charge in [0.15, 0.2) is 11.5 Å². The van der Waals surface area contributed by atoms with Crippen LogP contribution in [0.1, 0.15) is 25.3 Å². The molecule has 6 heteroatoms. The normalized spacial score (nSPS) is 11.9. The number of hydrogen-bond acceptors (Lipinski definition) is 4. The monoisotopic (exact) mass is 342 g/mol. The molecule has 0 saturated heterocycles. The molecule has 0 bridgehead atoms. The van der Waals surface area contributed by atoms with E-state index in [9.17, 15) is 4.79 Å². The molecule has 2 amide bonds. The summed E-state index contributed by atoms with van der Waals surface area (Å²) in [7, 11) is 0. The van der Waals surface area contributed by atoms with E-state index in [2.05, 4.69) is 17.6 Å². The van der Waals surface area contributed by atoms with E-state index in [1.165, 1.54) is 0 Å². The molecule has 0 fully saturated rings. The smallest absolute Gasteiger partial charge is 0.319 e. The van der Waals surface area contributed by atoms with Crippen LogP contribution in [0.3, 0.4) is 0 Å². The van der Waals surface area contributed by atoms with Gasteiger partial charge in [-0.25, -0.2) is 4.79 Å². The minimum Gasteiger partial charge on any atom is -0.489 e. The fourth-order valence-electron chi connectivity index (χ4n) is 2.43. The third-order valence-corrected chi connectivity index (χ3v) is 3.75. The van der Waals surface area contributed by atoms with E-state index in [1.807, 2.05) is 42.5 Å². The molecular weight excluding hydrogens is 320 g/mol. The number of fused-ring (bicyclic) bond motifs is 1. The maximum atomic E-state index is 11.8. The topological polar surface area (TPSA) is 68.8 Å². The molecule has 0 unspecified atom stereocenters. The molecule has 0 saturated carbocycles. The van der Waals surface area contributed by atoms with E-state index in [0.29, 0.717) is 24.7 Å². The number of hydrogen-bond donors (Lipinski definition) is 2. The number of unbranched alkanes of at least 4 members (excludes halogenated alkanes) is 1. The van der Waals surface area contributed by atoms with Crippen molar-refractivity contribution in [3.05, 3.63) is 48.0 Å². The molecule has 132 valence electrons. The van der Waals surface area contributed by atoms with Crippen LogP contribution >= 0.6 is 0 Å². The summed E-state index contributed by atoms with van der Waals surface area (Å²) < 4.78 is 16.4. The van der Waals surface area contributed by atoms with Gasteiger partial charge in [-0.1, -0.05) is 25.5 Å². The van der Waals surface area contributed by atoms with Crippen molar-refractivity contribution in [2.24, 2.45) is 0 Å². The Morgan fingerprint density at radius 2 is 2.04 bits per heavy atom. The molecule has 1 aliphatic heterocycles. The second-order valence-corrected chi connectivity index (χ2v) is 5.74. The summed E-state index contributed by atoms with van der Waals surface area (Å²) in [6.07, 6.45) is 2.02. The Bertz CT molecular complexity index is 733. The maximum absolute atomic E-state index is 11.8. The Hall–Kier alpha value is -2.89. The lowest BCUT2D eigenvalue weighted by Crippen LogP contribution is -2.29. The molecule has 2 N–H and O–H groups in total. The van der Waals surface area contributed by atoms with Crippen LogP contribution in [0.25, 0.3) is 0 Å². The predicted molar refractivity (Wildman–Crippen MR) is 95.3 cm³/mol. The zero-order valence-electron chi connectivity index (χ0n) is 14.2. The molecule has 25 heavy (non-hydrogen) atoms. The van der Waals surface area contributed by atoms with Crippen LogP contribution in [0.2, 0.25) is 0 Å². The summed E-state index contributed by atoms with van der Waals surface area (Å²) in [5, 5.41) is 5.66. The van der Waals surface area contributed by atoms with Gasteiger partial charge >= 0.3 is 6.03 Å². The minimum absolute atomic E-state index is 0.192. The predicted octanol–water partition coefficient (Wildman–Crippen LogP) is 3.92. The molecule has 0 aromatic heterocycles.